The minimum atomic E-state index is -0.0315. The molecule has 0 radical (unpaired) electrons. The highest BCUT2D eigenvalue weighted by molar-refractivity contribution is 5.96. The summed E-state index contributed by atoms with van der Waals surface area (Å²) in [4.78, 5) is 71.0. The minimum absolute atomic E-state index is 0.0136. The maximum atomic E-state index is 12.8. The quantitative estimate of drug-likeness (QED) is 0.134. The zero-order valence-electron chi connectivity index (χ0n) is 34.6. The van der Waals surface area contributed by atoms with E-state index in [0.29, 0.717) is 36.3 Å². The predicted molar refractivity (Wildman–Crippen MR) is 228 cm³/mol. The van der Waals surface area contributed by atoms with Gasteiger partial charge in [0, 0.05) is 148 Å². The second-order valence-corrected chi connectivity index (χ2v) is 15.9. The van der Waals surface area contributed by atoms with Gasteiger partial charge in [0.1, 0.15) is 23.2 Å². The van der Waals surface area contributed by atoms with Crippen molar-refractivity contribution in [2.45, 2.75) is 79.3 Å². The molecule has 2 amide bonds. The van der Waals surface area contributed by atoms with Crippen molar-refractivity contribution in [3.63, 3.8) is 0 Å². The van der Waals surface area contributed by atoms with Gasteiger partial charge in [0.25, 0.3) is 0 Å². The number of anilines is 2. The molecule has 308 valence electrons. The first-order chi connectivity index (χ1) is 29.0. The lowest BCUT2D eigenvalue weighted by Gasteiger charge is -2.31. The van der Waals surface area contributed by atoms with Crippen molar-refractivity contribution in [3.05, 3.63) is 121 Å². The van der Waals surface area contributed by atoms with E-state index in [0.717, 1.165) is 58.4 Å². The molecule has 2 aliphatic rings. The van der Waals surface area contributed by atoms with E-state index in [4.69, 9.17) is 0 Å². The van der Waals surface area contributed by atoms with Crippen LogP contribution in [-0.4, -0.2) is 76.0 Å². The molecule has 60 heavy (non-hydrogen) atoms. The molecule has 0 aromatic carbocycles. The maximum Gasteiger partial charge on any atom is 0.228 e. The number of carbonyl (C=O) groups excluding carboxylic acids is 4. The van der Waals surface area contributed by atoms with Crippen LogP contribution in [0.15, 0.2) is 97.8 Å². The Morgan fingerprint density at radius 2 is 0.967 bits per heavy atom. The molecular formula is C46H50N10O4. The second-order valence-electron chi connectivity index (χ2n) is 15.9. The van der Waals surface area contributed by atoms with Gasteiger partial charge in [-0.25, -0.2) is 9.36 Å². The molecule has 0 aliphatic carbocycles. The Bertz CT molecular complexity index is 2260. The van der Waals surface area contributed by atoms with E-state index in [1.54, 1.807) is 47.0 Å². The number of amides is 2. The molecule has 0 spiro atoms. The summed E-state index contributed by atoms with van der Waals surface area (Å²) in [6, 6.07) is 19.1. The Kier molecular flexibility index (Phi) is 13.1. The van der Waals surface area contributed by atoms with Gasteiger partial charge in [-0.1, -0.05) is 38.1 Å². The van der Waals surface area contributed by atoms with Crippen LogP contribution in [0, 0.1) is 25.7 Å². The van der Waals surface area contributed by atoms with Crippen molar-refractivity contribution in [1.82, 2.24) is 39.5 Å². The van der Waals surface area contributed by atoms with E-state index in [-0.39, 0.29) is 61.9 Å². The van der Waals surface area contributed by atoms with Crippen LogP contribution in [0.1, 0.15) is 62.3 Å². The van der Waals surface area contributed by atoms with E-state index >= 15 is 0 Å². The minimum Gasteiger partial charge on any atom is -0.299 e. The summed E-state index contributed by atoms with van der Waals surface area (Å²) in [6.45, 7) is 11.0. The Morgan fingerprint density at radius 3 is 1.33 bits per heavy atom. The highest BCUT2D eigenvalue weighted by Crippen LogP contribution is 2.27. The van der Waals surface area contributed by atoms with Gasteiger partial charge >= 0.3 is 0 Å². The van der Waals surface area contributed by atoms with Crippen LogP contribution in [0.25, 0.3) is 22.3 Å². The molecular weight excluding hydrogens is 757 g/mol. The number of hydrogen-bond donors (Lipinski definition) is 0. The highest BCUT2D eigenvalue weighted by Gasteiger charge is 2.29. The largest absolute Gasteiger partial charge is 0.299 e. The Balaban J connectivity index is 0.000000181. The highest BCUT2D eigenvalue weighted by atomic mass is 16.2. The van der Waals surface area contributed by atoms with Gasteiger partial charge in [0.2, 0.25) is 11.8 Å². The summed E-state index contributed by atoms with van der Waals surface area (Å²) >= 11 is 0. The first-order valence-corrected chi connectivity index (χ1v) is 20.4. The molecule has 8 rings (SSSR count). The van der Waals surface area contributed by atoms with E-state index in [1.165, 1.54) is 0 Å². The third kappa shape index (κ3) is 10.5. The molecule has 0 saturated heterocycles. The molecule has 14 nitrogen and oxygen atoms in total. The molecule has 6 aromatic rings. The summed E-state index contributed by atoms with van der Waals surface area (Å²) < 4.78 is 3.77. The van der Waals surface area contributed by atoms with Gasteiger partial charge in [-0.2, -0.15) is 10.2 Å². The van der Waals surface area contributed by atoms with Crippen molar-refractivity contribution in [3.8, 4) is 22.3 Å². The van der Waals surface area contributed by atoms with Crippen LogP contribution in [0.3, 0.4) is 0 Å². The molecule has 8 heterocycles. The van der Waals surface area contributed by atoms with Crippen molar-refractivity contribution in [2.75, 3.05) is 22.9 Å². The first kappa shape index (κ1) is 41.5. The lowest BCUT2D eigenvalue weighted by molar-refractivity contribution is -0.123. The number of rotatable bonds is 12. The molecule has 0 saturated carbocycles. The second kappa shape index (κ2) is 18.9. The molecule has 2 aliphatic heterocycles. The summed E-state index contributed by atoms with van der Waals surface area (Å²) in [5.41, 5.74) is 7.10. The third-order valence-electron chi connectivity index (χ3n) is 10.5. The molecule has 6 aromatic heterocycles. The van der Waals surface area contributed by atoms with Crippen molar-refractivity contribution in [2.24, 2.45) is 11.8 Å². The fourth-order valence-corrected chi connectivity index (χ4v) is 7.55. The summed E-state index contributed by atoms with van der Waals surface area (Å²) in [5, 5.41) is 8.92. The zero-order chi connectivity index (χ0) is 42.2. The van der Waals surface area contributed by atoms with E-state index in [9.17, 15) is 19.2 Å². The number of pyridine rings is 4. The number of Topliss-reactive ketones (excluding diaryl/α,β-unsaturated/α-hetero) is 2. The molecule has 0 bridgehead atoms. The number of aromatic nitrogens is 8. The number of nitrogens with zero attached hydrogens (tertiary/aromatic N) is 10. The fourth-order valence-electron chi connectivity index (χ4n) is 7.55. The van der Waals surface area contributed by atoms with Crippen LogP contribution >= 0.6 is 0 Å². The summed E-state index contributed by atoms with van der Waals surface area (Å²) in [5.74, 6) is 2.29. The number of hydrogen-bond acceptors (Lipinski definition) is 10. The van der Waals surface area contributed by atoms with Gasteiger partial charge in [-0.05, 0) is 49.9 Å². The average molecular weight is 807 g/mol. The van der Waals surface area contributed by atoms with Gasteiger partial charge in [-0.15, -0.1) is 0 Å². The average Bonchev–Trinajstić information content (AvgIpc) is 3.82. The van der Waals surface area contributed by atoms with Crippen LogP contribution in [0.2, 0.25) is 0 Å². The predicted octanol–water partition coefficient (Wildman–Crippen LogP) is 6.45. The number of aryl methyl sites for hydroxylation is 2. The SMILES string of the molecule is Cc1cc2n(n1)C[C@@H](C)CN2C(=O)CCC(=O)Cc1ccc(-c2cccnc2)cn1.Cc1cc2n(n1)C[C@H](C)CN2C(=O)CCC(=O)Cc1ccc(-c2cccnc2)cn1. The Labute approximate surface area is 349 Å². The lowest BCUT2D eigenvalue weighted by atomic mass is 10.1. The summed E-state index contributed by atoms with van der Waals surface area (Å²) in [6.07, 6.45) is 11.8. The Hall–Kier alpha value is -6.70. The van der Waals surface area contributed by atoms with Gasteiger partial charge in [0.15, 0.2) is 0 Å². The number of fused-ring (bicyclic) bond motifs is 2. The number of ketones is 2. The van der Waals surface area contributed by atoms with Gasteiger partial charge in [0.05, 0.1) is 11.4 Å². The molecule has 2 atom stereocenters. The Morgan fingerprint density at radius 1 is 0.550 bits per heavy atom. The van der Waals surface area contributed by atoms with Crippen LogP contribution < -0.4 is 9.80 Å². The smallest absolute Gasteiger partial charge is 0.228 e. The monoisotopic (exact) mass is 806 g/mol. The topological polar surface area (TPSA) is 162 Å². The fraction of sp³-hybridized carbons (Fsp3) is 0.348. The van der Waals surface area contributed by atoms with E-state index in [1.807, 2.05) is 83.9 Å². The van der Waals surface area contributed by atoms with Crippen molar-refractivity contribution in [1.29, 1.82) is 0 Å². The zero-order valence-corrected chi connectivity index (χ0v) is 34.6. The molecule has 0 N–H and O–H groups in total. The van der Waals surface area contributed by atoms with Crippen LogP contribution in [-0.2, 0) is 45.1 Å². The van der Waals surface area contributed by atoms with Gasteiger partial charge in [-0.3, -0.25) is 48.9 Å². The van der Waals surface area contributed by atoms with Crippen LogP contribution in [0.4, 0.5) is 11.6 Å². The van der Waals surface area contributed by atoms with E-state index in [2.05, 4.69) is 44.0 Å². The molecule has 14 heteroatoms. The van der Waals surface area contributed by atoms with Crippen molar-refractivity contribution >= 4 is 35.0 Å². The lowest BCUT2D eigenvalue weighted by Crippen LogP contribution is -2.41. The van der Waals surface area contributed by atoms with E-state index < -0.39 is 0 Å². The van der Waals surface area contributed by atoms with Crippen molar-refractivity contribution < 1.29 is 19.2 Å². The van der Waals surface area contributed by atoms with Gasteiger partial charge < -0.3 is 0 Å². The third-order valence-corrected chi connectivity index (χ3v) is 10.5. The first-order valence-electron chi connectivity index (χ1n) is 20.4. The summed E-state index contributed by atoms with van der Waals surface area (Å²) in [7, 11) is 0. The maximum absolute atomic E-state index is 12.8. The van der Waals surface area contributed by atoms with Crippen LogP contribution in [0.5, 0.6) is 0 Å². The molecule has 0 unspecified atom stereocenters. The normalized spacial score (nSPS) is 15.7. The standard InChI is InChI=1S/2C23H25N5O2/c2*1-16-14-27(22-10-17(2)26-28(22)15-16)23(30)8-7-21(29)11-20-6-5-19(13-25-20)18-4-3-9-24-12-18/h2*3-6,9-10,12-13,16H,7-8,11,14-15H2,1-2H3/t2*16-/m10/s1. The molecule has 0 fully saturated rings. The number of carbonyl (C=O) groups is 4.